The lowest BCUT2D eigenvalue weighted by atomic mass is 10.0. The maximum Gasteiger partial charge on any atom is 0.229 e. The minimum absolute atomic E-state index is 0.0612. The van der Waals surface area contributed by atoms with Crippen LogP contribution in [-0.2, 0) is 11.2 Å². The second-order valence-corrected chi connectivity index (χ2v) is 6.78. The number of aromatic nitrogens is 2. The lowest BCUT2D eigenvalue weighted by Gasteiger charge is -2.18. The molecule has 1 aliphatic rings. The van der Waals surface area contributed by atoms with Crippen molar-refractivity contribution in [2.24, 2.45) is 0 Å². The zero-order valence-electron chi connectivity index (χ0n) is 13.8. The van der Waals surface area contributed by atoms with Crippen LogP contribution in [0.1, 0.15) is 12.0 Å². The Labute approximate surface area is 159 Å². The molecule has 0 fully saturated rings. The van der Waals surface area contributed by atoms with Crippen LogP contribution in [0, 0.1) is 0 Å². The molecule has 2 aromatic carbocycles. The fourth-order valence-corrected chi connectivity index (χ4v) is 3.05. The highest BCUT2D eigenvalue weighted by atomic mass is 79.9. The zero-order valence-corrected chi connectivity index (χ0v) is 15.4. The Morgan fingerprint density at radius 2 is 1.85 bits per heavy atom. The third-order valence-electron chi connectivity index (χ3n) is 4.04. The Hall–Kier alpha value is -2.93. The summed E-state index contributed by atoms with van der Waals surface area (Å²) in [6, 6.07) is 15.6. The van der Waals surface area contributed by atoms with Gasteiger partial charge in [0.05, 0.1) is 4.47 Å². The molecule has 1 aliphatic heterocycles. The minimum Gasteiger partial charge on any atom is -0.339 e. The van der Waals surface area contributed by atoms with Gasteiger partial charge in [0, 0.05) is 29.7 Å². The Kier molecular flexibility index (Phi) is 4.53. The van der Waals surface area contributed by atoms with Crippen LogP contribution in [0.3, 0.4) is 0 Å². The van der Waals surface area contributed by atoms with E-state index < -0.39 is 0 Å². The summed E-state index contributed by atoms with van der Waals surface area (Å²) in [5.74, 6) is 1.23. The predicted molar refractivity (Wildman–Crippen MR) is 106 cm³/mol. The van der Waals surface area contributed by atoms with Crippen LogP contribution in [0.25, 0.3) is 0 Å². The molecule has 3 N–H and O–H groups in total. The van der Waals surface area contributed by atoms with Crippen molar-refractivity contribution in [3.05, 3.63) is 64.8 Å². The fraction of sp³-hybridized carbons (Fsp3) is 0.105. The van der Waals surface area contributed by atoms with Crippen LogP contribution in [0.4, 0.5) is 28.8 Å². The van der Waals surface area contributed by atoms with Gasteiger partial charge in [-0.3, -0.25) is 4.79 Å². The number of carbonyl (C=O) groups is 1. The molecule has 130 valence electrons. The Bertz CT molecular complexity index is 961. The van der Waals surface area contributed by atoms with Crippen molar-refractivity contribution in [3.8, 4) is 0 Å². The van der Waals surface area contributed by atoms with E-state index in [9.17, 15) is 4.79 Å². The number of rotatable bonds is 4. The molecular formula is C19H16BrN5O. The molecule has 1 amide bonds. The van der Waals surface area contributed by atoms with E-state index in [0.29, 0.717) is 18.2 Å². The van der Waals surface area contributed by atoms with E-state index in [2.05, 4.69) is 41.8 Å². The van der Waals surface area contributed by atoms with E-state index >= 15 is 0 Å². The molecule has 1 aromatic heterocycles. The Morgan fingerprint density at radius 1 is 1.00 bits per heavy atom. The first-order valence-corrected chi connectivity index (χ1v) is 9.01. The summed E-state index contributed by atoms with van der Waals surface area (Å²) < 4.78 is 0.778. The third-order valence-corrected chi connectivity index (χ3v) is 4.62. The highest BCUT2D eigenvalue weighted by Crippen LogP contribution is 2.28. The van der Waals surface area contributed by atoms with Gasteiger partial charge in [0.15, 0.2) is 0 Å². The number of hydrogen-bond acceptors (Lipinski definition) is 5. The molecule has 0 saturated heterocycles. The monoisotopic (exact) mass is 409 g/mol. The van der Waals surface area contributed by atoms with Gasteiger partial charge >= 0.3 is 0 Å². The van der Waals surface area contributed by atoms with E-state index in [1.807, 2.05) is 48.5 Å². The number of aryl methyl sites for hydroxylation is 1. The highest BCUT2D eigenvalue weighted by molar-refractivity contribution is 9.10. The van der Waals surface area contributed by atoms with Crippen molar-refractivity contribution in [2.75, 3.05) is 16.0 Å². The van der Waals surface area contributed by atoms with Crippen LogP contribution in [-0.4, -0.2) is 15.9 Å². The molecule has 0 spiro atoms. The predicted octanol–water partition coefficient (Wildman–Crippen LogP) is 4.61. The molecule has 3 aromatic rings. The largest absolute Gasteiger partial charge is 0.339 e. The number of amides is 1. The molecule has 2 heterocycles. The molecular weight excluding hydrogens is 394 g/mol. The quantitative estimate of drug-likeness (QED) is 0.586. The lowest BCUT2D eigenvalue weighted by Crippen LogP contribution is -2.18. The summed E-state index contributed by atoms with van der Waals surface area (Å²) in [6.07, 6.45) is 2.95. The molecule has 7 heteroatoms. The van der Waals surface area contributed by atoms with Gasteiger partial charge in [-0.25, -0.2) is 4.98 Å². The lowest BCUT2D eigenvalue weighted by molar-refractivity contribution is -0.116. The second-order valence-electron chi connectivity index (χ2n) is 5.93. The summed E-state index contributed by atoms with van der Waals surface area (Å²) in [5.41, 5.74) is 3.81. The van der Waals surface area contributed by atoms with Gasteiger partial charge in [-0.1, -0.05) is 18.2 Å². The molecule has 0 unspecified atom stereocenters. The Balaban J connectivity index is 1.55. The van der Waals surface area contributed by atoms with Crippen LogP contribution in [0.5, 0.6) is 0 Å². The summed E-state index contributed by atoms with van der Waals surface area (Å²) >= 11 is 3.47. The van der Waals surface area contributed by atoms with Crippen molar-refractivity contribution in [3.63, 3.8) is 0 Å². The molecule has 0 aliphatic carbocycles. The molecule has 26 heavy (non-hydrogen) atoms. The minimum atomic E-state index is 0.0612. The van der Waals surface area contributed by atoms with E-state index in [1.165, 1.54) is 0 Å². The van der Waals surface area contributed by atoms with E-state index in [4.69, 9.17) is 0 Å². The van der Waals surface area contributed by atoms with Gasteiger partial charge in [0.25, 0.3) is 0 Å². The van der Waals surface area contributed by atoms with Gasteiger partial charge in [0.2, 0.25) is 11.9 Å². The second kappa shape index (κ2) is 7.13. The molecule has 4 rings (SSSR count). The third kappa shape index (κ3) is 3.67. The zero-order chi connectivity index (χ0) is 17.9. The van der Waals surface area contributed by atoms with Gasteiger partial charge in [0.1, 0.15) is 5.82 Å². The summed E-state index contributed by atoms with van der Waals surface area (Å²) in [7, 11) is 0. The molecule has 6 nitrogen and oxygen atoms in total. The molecule has 0 radical (unpaired) electrons. The van der Waals surface area contributed by atoms with E-state index in [0.717, 1.165) is 33.5 Å². The van der Waals surface area contributed by atoms with Crippen LogP contribution >= 0.6 is 15.9 Å². The van der Waals surface area contributed by atoms with Gasteiger partial charge in [-0.15, -0.1) is 0 Å². The number of halogens is 1. The van der Waals surface area contributed by atoms with Crippen molar-refractivity contribution in [1.82, 2.24) is 9.97 Å². The van der Waals surface area contributed by atoms with E-state index in [1.54, 1.807) is 6.20 Å². The SMILES string of the molecule is O=C1CCc2cc(Nc3ncc(Br)c(Nc4ccccc4)n3)ccc2N1. The molecule has 0 bridgehead atoms. The highest BCUT2D eigenvalue weighted by Gasteiger charge is 2.15. The summed E-state index contributed by atoms with van der Waals surface area (Å²) in [6.45, 7) is 0. The maximum atomic E-state index is 11.5. The fourth-order valence-electron chi connectivity index (χ4n) is 2.76. The standard InChI is InChI=1S/C19H16BrN5O/c20-15-11-21-19(25-18(15)22-13-4-2-1-3-5-13)23-14-7-8-16-12(10-14)6-9-17(26)24-16/h1-5,7-8,10-11H,6,9H2,(H,24,26)(H2,21,22,23,25). The van der Waals surface area contributed by atoms with Crippen LogP contribution in [0.15, 0.2) is 59.2 Å². The molecule has 0 saturated carbocycles. The average Bonchev–Trinajstić information content (AvgIpc) is 2.65. The van der Waals surface area contributed by atoms with Crippen molar-refractivity contribution >= 4 is 50.7 Å². The normalized spacial score (nSPS) is 12.9. The topological polar surface area (TPSA) is 78.9 Å². The number of carbonyl (C=O) groups excluding carboxylic acids is 1. The van der Waals surface area contributed by atoms with Crippen molar-refractivity contribution < 1.29 is 4.79 Å². The summed E-state index contributed by atoms with van der Waals surface area (Å²) in [5, 5.41) is 9.37. The van der Waals surface area contributed by atoms with Crippen molar-refractivity contribution in [2.45, 2.75) is 12.8 Å². The van der Waals surface area contributed by atoms with Crippen LogP contribution < -0.4 is 16.0 Å². The number of para-hydroxylation sites is 1. The number of benzene rings is 2. The maximum absolute atomic E-state index is 11.5. The first kappa shape index (κ1) is 16.5. The van der Waals surface area contributed by atoms with Crippen molar-refractivity contribution in [1.29, 1.82) is 0 Å². The van der Waals surface area contributed by atoms with E-state index in [-0.39, 0.29) is 5.91 Å². The number of anilines is 5. The number of fused-ring (bicyclic) bond motifs is 1. The molecule has 0 atom stereocenters. The van der Waals surface area contributed by atoms with Gasteiger partial charge in [-0.2, -0.15) is 4.98 Å². The van der Waals surface area contributed by atoms with Gasteiger partial charge < -0.3 is 16.0 Å². The smallest absolute Gasteiger partial charge is 0.229 e. The first-order valence-electron chi connectivity index (χ1n) is 8.22. The summed E-state index contributed by atoms with van der Waals surface area (Å²) in [4.78, 5) is 20.3. The van der Waals surface area contributed by atoms with Crippen LogP contribution in [0.2, 0.25) is 0 Å². The number of nitrogens with one attached hydrogen (secondary N) is 3. The average molecular weight is 410 g/mol. The number of nitrogens with zero attached hydrogens (tertiary/aromatic N) is 2. The Morgan fingerprint density at radius 3 is 2.69 bits per heavy atom. The first-order chi connectivity index (χ1) is 12.7. The van der Waals surface area contributed by atoms with Gasteiger partial charge in [-0.05, 0) is 58.2 Å². The number of hydrogen-bond donors (Lipinski definition) is 3.